The van der Waals surface area contributed by atoms with E-state index in [0.717, 1.165) is 30.9 Å². The Morgan fingerprint density at radius 1 is 1.00 bits per heavy atom. The molecule has 0 bridgehead atoms. The summed E-state index contributed by atoms with van der Waals surface area (Å²) in [5.41, 5.74) is 4.53. The van der Waals surface area contributed by atoms with E-state index in [1.165, 1.54) is 28.8 Å². The van der Waals surface area contributed by atoms with Gasteiger partial charge in [-0.1, -0.05) is 48.0 Å². The van der Waals surface area contributed by atoms with Gasteiger partial charge in [-0.3, -0.25) is 4.90 Å². The maximum Gasteiger partial charge on any atom is 0.173 e. The van der Waals surface area contributed by atoms with E-state index in [0.29, 0.717) is 0 Å². The molecule has 0 saturated heterocycles. The zero-order valence-corrected chi connectivity index (χ0v) is 18.0. The van der Waals surface area contributed by atoms with Crippen LogP contribution in [-0.4, -0.2) is 38.2 Å². The van der Waals surface area contributed by atoms with Crippen molar-refractivity contribution in [1.82, 2.24) is 25.1 Å². The Bertz CT molecular complexity index is 1030. The first-order chi connectivity index (χ1) is 14.3. The summed E-state index contributed by atoms with van der Waals surface area (Å²) in [6.07, 6.45) is 3.13. The molecule has 0 amide bonds. The molecule has 1 aliphatic rings. The van der Waals surface area contributed by atoms with Crippen LogP contribution in [0.15, 0.2) is 54.6 Å². The molecule has 0 saturated carbocycles. The van der Waals surface area contributed by atoms with E-state index in [2.05, 4.69) is 78.5 Å². The topological polar surface area (TPSA) is 46.8 Å². The lowest BCUT2D eigenvalue weighted by Crippen LogP contribution is -2.37. The second-order valence-electron chi connectivity index (χ2n) is 8.91. The average Bonchev–Trinajstić information content (AvgIpc) is 3.21. The Hall–Kier alpha value is -2.86. The Morgan fingerprint density at radius 3 is 2.30 bits per heavy atom. The lowest BCUT2D eigenvalue weighted by Gasteiger charge is -2.35. The monoisotopic (exact) mass is 405 g/mol. The maximum atomic E-state index is 13.3. The average molecular weight is 406 g/mol. The van der Waals surface area contributed by atoms with E-state index in [1.54, 1.807) is 0 Å². The molecule has 0 radical (unpaired) electrons. The predicted octanol–water partition coefficient (Wildman–Crippen LogP) is 4.75. The molecule has 1 aliphatic heterocycles. The molecule has 30 heavy (non-hydrogen) atoms. The molecular weight excluding hydrogens is 377 g/mol. The second kappa shape index (κ2) is 8.11. The van der Waals surface area contributed by atoms with Gasteiger partial charge in [0, 0.05) is 13.1 Å². The van der Waals surface area contributed by atoms with Gasteiger partial charge in [-0.2, -0.15) is 0 Å². The summed E-state index contributed by atoms with van der Waals surface area (Å²) in [5.74, 6) is 0.648. The van der Waals surface area contributed by atoms with Crippen molar-refractivity contribution in [3.63, 3.8) is 0 Å². The van der Waals surface area contributed by atoms with Crippen molar-refractivity contribution in [3.8, 4) is 0 Å². The molecule has 0 fully saturated rings. The highest BCUT2D eigenvalue weighted by Crippen LogP contribution is 2.33. The lowest BCUT2D eigenvalue weighted by atomic mass is 9.96. The second-order valence-corrected chi connectivity index (χ2v) is 8.91. The van der Waals surface area contributed by atoms with Crippen molar-refractivity contribution in [3.05, 3.63) is 82.9 Å². The molecule has 0 aliphatic carbocycles. The largest absolute Gasteiger partial charge is 0.286 e. The van der Waals surface area contributed by atoms with Crippen molar-refractivity contribution in [2.75, 3.05) is 13.1 Å². The van der Waals surface area contributed by atoms with E-state index in [9.17, 15) is 4.39 Å². The van der Waals surface area contributed by atoms with E-state index in [4.69, 9.17) is 0 Å². The normalized spacial score (nSPS) is 16.4. The van der Waals surface area contributed by atoms with E-state index in [1.807, 2.05) is 16.8 Å². The Kier molecular flexibility index (Phi) is 5.52. The van der Waals surface area contributed by atoms with Crippen molar-refractivity contribution >= 4 is 5.57 Å². The van der Waals surface area contributed by atoms with Gasteiger partial charge in [0.1, 0.15) is 5.82 Å². The summed E-state index contributed by atoms with van der Waals surface area (Å²) in [7, 11) is 0. The minimum atomic E-state index is -0.216. The van der Waals surface area contributed by atoms with Gasteiger partial charge < -0.3 is 0 Å². The van der Waals surface area contributed by atoms with Crippen LogP contribution < -0.4 is 0 Å². The fourth-order valence-electron chi connectivity index (χ4n) is 3.96. The van der Waals surface area contributed by atoms with Crippen molar-refractivity contribution in [1.29, 1.82) is 0 Å². The quantitative estimate of drug-likeness (QED) is 0.628. The highest BCUT2D eigenvalue weighted by molar-refractivity contribution is 5.66. The summed E-state index contributed by atoms with van der Waals surface area (Å²) in [6, 6.07) is 15.3. The fourth-order valence-corrected chi connectivity index (χ4v) is 3.96. The van der Waals surface area contributed by atoms with Gasteiger partial charge >= 0.3 is 0 Å². The number of tetrazole rings is 1. The number of benzene rings is 2. The van der Waals surface area contributed by atoms with E-state index < -0.39 is 0 Å². The molecule has 3 aromatic rings. The van der Waals surface area contributed by atoms with Gasteiger partial charge in [-0.15, -0.1) is 5.10 Å². The van der Waals surface area contributed by atoms with Crippen LogP contribution in [0, 0.1) is 12.7 Å². The number of hydrogen-bond donors (Lipinski definition) is 0. The molecule has 6 heteroatoms. The lowest BCUT2D eigenvalue weighted by molar-refractivity contribution is 0.220. The third kappa shape index (κ3) is 4.19. The molecule has 1 aromatic heterocycles. The van der Waals surface area contributed by atoms with Gasteiger partial charge in [0.05, 0.1) is 11.6 Å². The minimum absolute atomic E-state index is 0.0363. The summed E-state index contributed by atoms with van der Waals surface area (Å²) in [6.45, 7) is 10.1. The summed E-state index contributed by atoms with van der Waals surface area (Å²) >= 11 is 0. The molecule has 0 unspecified atom stereocenters. The van der Waals surface area contributed by atoms with Crippen LogP contribution in [0.4, 0.5) is 4.39 Å². The first-order valence-corrected chi connectivity index (χ1v) is 10.4. The number of hydrogen-bond acceptors (Lipinski definition) is 4. The van der Waals surface area contributed by atoms with Crippen LogP contribution in [0.1, 0.15) is 55.7 Å². The minimum Gasteiger partial charge on any atom is -0.286 e. The summed E-state index contributed by atoms with van der Waals surface area (Å²) < 4.78 is 15.2. The number of halogens is 1. The molecule has 2 aromatic carbocycles. The third-order valence-electron chi connectivity index (χ3n) is 5.59. The number of aryl methyl sites for hydroxylation is 1. The maximum absolute atomic E-state index is 13.3. The van der Waals surface area contributed by atoms with Gasteiger partial charge in [0.25, 0.3) is 0 Å². The molecular formula is C24H28FN5. The summed E-state index contributed by atoms with van der Waals surface area (Å²) in [4.78, 5) is 2.41. The molecule has 156 valence electrons. The molecule has 1 atom stereocenters. The van der Waals surface area contributed by atoms with Crippen molar-refractivity contribution in [2.45, 2.75) is 45.7 Å². The molecule has 5 nitrogen and oxygen atoms in total. The zero-order valence-electron chi connectivity index (χ0n) is 18.0. The van der Waals surface area contributed by atoms with Crippen LogP contribution in [0.25, 0.3) is 5.57 Å². The molecule has 4 rings (SSSR count). The van der Waals surface area contributed by atoms with Gasteiger partial charge in [-0.05, 0) is 73.4 Å². The first-order valence-electron chi connectivity index (χ1n) is 10.4. The molecule has 2 heterocycles. The van der Waals surface area contributed by atoms with E-state index >= 15 is 0 Å². The van der Waals surface area contributed by atoms with Crippen LogP contribution in [-0.2, 0) is 5.54 Å². The molecule has 0 N–H and O–H groups in total. The van der Waals surface area contributed by atoms with Crippen LogP contribution >= 0.6 is 0 Å². The Morgan fingerprint density at radius 2 is 1.70 bits per heavy atom. The highest BCUT2D eigenvalue weighted by atomic mass is 19.1. The van der Waals surface area contributed by atoms with Gasteiger partial charge in [0.15, 0.2) is 5.82 Å². The van der Waals surface area contributed by atoms with E-state index in [-0.39, 0.29) is 17.4 Å². The third-order valence-corrected chi connectivity index (χ3v) is 5.59. The van der Waals surface area contributed by atoms with Crippen molar-refractivity contribution < 1.29 is 4.39 Å². The fraction of sp³-hybridized carbons (Fsp3) is 0.375. The SMILES string of the molecule is Cc1ccc([C@H](c2nnnn2C(C)(C)C)N2CC=C(c3ccc(F)cc3)CC2)cc1. The predicted molar refractivity (Wildman–Crippen MR) is 116 cm³/mol. The number of aromatic nitrogens is 4. The van der Waals surface area contributed by atoms with Gasteiger partial charge in [0.2, 0.25) is 0 Å². The zero-order chi connectivity index (χ0) is 21.3. The summed E-state index contributed by atoms with van der Waals surface area (Å²) in [5, 5.41) is 12.7. The number of rotatable bonds is 4. The highest BCUT2D eigenvalue weighted by Gasteiger charge is 2.32. The van der Waals surface area contributed by atoms with Crippen LogP contribution in [0.2, 0.25) is 0 Å². The van der Waals surface area contributed by atoms with Crippen LogP contribution in [0.3, 0.4) is 0 Å². The van der Waals surface area contributed by atoms with Crippen LogP contribution in [0.5, 0.6) is 0 Å². The number of nitrogens with zero attached hydrogens (tertiary/aromatic N) is 5. The van der Waals surface area contributed by atoms with Crippen molar-refractivity contribution in [2.24, 2.45) is 0 Å². The standard InChI is InChI=1S/C24H28FN5/c1-17-5-7-20(8-6-17)22(23-26-27-28-30(23)24(2,3)4)29-15-13-19(14-16-29)18-9-11-21(25)12-10-18/h5-13,22H,14-16H2,1-4H3/t22-/m1/s1. The molecule has 0 spiro atoms. The smallest absolute Gasteiger partial charge is 0.173 e. The first kappa shape index (κ1) is 20.4. The Labute approximate surface area is 177 Å². The Balaban J connectivity index is 1.68. The van der Waals surface area contributed by atoms with Gasteiger partial charge in [-0.25, -0.2) is 9.07 Å².